The van der Waals surface area contributed by atoms with Crippen molar-refractivity contribution >= 4 is 75.0 Å². The van der Waals surface area contributed by atoms with E-state index in [2.05, 4.69) is 5.32 Å². The maximum atomic E-state index is 12.0. The molecule has 0 spiro atoms. The van der Waals surface area contributed by atoms with Gasteiger partial charge < -0.3 is 10.4 Å². The number of rotatable bonds is 8. The number of carboxylic acid groups (broad SMARTS) is 1. The van der Waals surface area contributed by atoms with Crippen molar-refractivity contribution in [2.45, 2.75) is 18.2 Å². The third-order valence-corrected chi connectivity index (χ3v) is 4.34. The first-order chi connectivity index (χ1) is 11.1. The molecule has 1 radical (unpaired) electrons. The molecule has 0 heterocycles. The van der Waals surface area contributed by atoms with E-state index in [-0.39, 0.29) is 63.7 Å². The third kappa shape index (κ3) is 7.96. The van der Waals surface area contributed by atoms with Gasteiger partial charge in [0.2, 0.25) is 5.91 Å². The van der Waals surface area contributed by atoms with E-state index < -0.39 is 12.0 Å². The second kappa shape index (κ2) is 11.8. The van der Waals surface area contributed by atoms with Crippen molar-refractivity contribution in [3.8, 4) is 0 Å². The fraction of sp³-hybridized carbons (Fsp3) is 0.222. The molecule has 0 unspecified atom stereocenters. The maximum absolute atomic E-state index is 12.0. The Morgan fingerprint density at radius 1 is 0.958 bits per heavy atom. The summed E-state index contributed by atoms with van der Waals surface area (Å²) in [6, 6.07) is 18.2. The van der Waals surface area contributed by atoms with Crippen molar-refractivity contribution in [2.24, 2.45) is 0 Å². The first-order valence-electron chi connectivity index (χ1n) is 7.33. The van der Waals surface area contributed by atoms with Gasteiger partial charge in [-0.05, 0) is 11.1 Å². The molecule has 2 aromatic rings. The van der Waals surface area contributed by atoms with Crippen molar-refractivity contribution in [1.82, 2.24) is 5.32 Å². The summed E-state index contributed by atoms with van der Waals surface area (Å²) in [5.74, 6) is -0.222. The normalized spacial score (nSPS) is 11.2. The van der Waals surface area contributed by atoms with Crippen LogP contribution in [0.25, 0.3) is 0 Å². The van der Waals surface area contributed by atoms with Crippen molar-refractivity contribution in [2.75, 3.05) is 5.75 Å². The maximum Gasteiger partial charge on any atom is 0.327 e. The van der Waals surface area contributed by atoms with Gasteiger partial charge in [-0.3, -0.25) is 4.79 Å². The summed E-state index contributed by atoms with van der Waals surface area (Å²) in [5, 5.41) is 11.8. The Kier molecular flexibility index (Phi) is 10.6. The van der Waals surface area contributed by atoms with Crippen LogP contribution in [0.15, 0.2) is 60.7 Å². The van der Waals surface area contributed by atoms with Gasteiger partial charge in [0, 0.05) is 62.9 Å². The number of amides is 1. The van der Waals surface area contributed by atoms with Crippen LogP contribution in [0.1, 0.15) is 11.1 Å². The Morgan fingerprint density at radius 3 is 2.04 bits per heavy atom. The van der Waals surface area contributed by atoms with E-state index in [4.69, 9.17) is 0 Å². The molecule has 2 aromatic carbocycles. The number of benzene rings is 2. The van der Waals surface area contributed by atoms with Gasteiger partial charge >= 0.3 is 5.97 Å². The molecule has 24 heavy (non-hydrogen) atoms. The molecule has 2 rings (SSSR count). The van der Waals surface area contributed by atoms with E-state index in [1.165, 1.54) is 11.8 Å². The van der Waals surface area contributed by atoms with Crippen LogP contribution >= 0.6 is 11.8 Å². The molecule has 1 atom stereocenters. The second-order valence-electron chi connectivity index (χ2n) is 5.12. The van der Waals surface area contributed by atoms with E-state index in [9.17, 15) is 14.7 Å². The average molecular weight is 369 g/mol. The van der Waals surface area contributed by atoms with E-state index >= 15 is 0 Å². The number of nitrogens with one attached hydrogen (secondary N) is 1. The molecule has 4 nitrogen and oxygen atoms in total. The minimum atomic E-state index is -1.01. The SMILES string of the molecule is O=C(Cc1ccccc1)N[C@@H](CSCc1ccccc1)C(=O)O.[K]. The predicted octanol–water partition coefficient (Wildman–Crippen LogP) is 2.35. The van der Waals surface area contributed by atoms with E-state index in [1.54, 1.807) is 0 Å². The summed E-state index contributed by atoms with van der Waals surface area (Å²) < 4.78 is 0. The molecule has 0 saturated heterocycles. The Balaban J connectivity index is 0.00000288. The molecule has 0 saturated carbocycles. The van der Waals surface area contributed by atoms with Gasteiger partial charge in [-0.2, -0.15) is 11.8 Å². The van der Waals surface area contributed by atoms with Crippen LogP contribution in [-0.4, -0.2) is 80.2 Å². The molecule has 2 N–H and O–H groups in total. The van der Waals surface area contributed by atoms with Gasteiger partial charge in [0.1, 0.15) is 6.04 Å². The van der Waals surface area contributed by atoms with Crippen molar-refractivity contribution in [1.29, 1.82) is 0 Å². The molecule has 0 aromatic heterocycles. The Labute approximate surface area is 188 Å². The predicted molar refractivity (Wildman–Crippen MR) is 98.1 cm³/mol. The Bertz CT molecular complexity index is 637. The molecule has 6 heteroatoms. The molecule has 0 aliphatic carbocycles. The first-order valence-corrected chi connectivity index (χ1v) is 8.48. The number of aliphatic carboxylic acids is 1. The van der Waals surface area contributed by atoms with Gasteiger partial charge in [0.05, 0.1) is 6.42 Å². The Hall–Kier alpha value is -0.634. The summed E-state index contributed by atoms with van der Waals surface area (Å²) in [4.78, 5) is 23.3. The zero-order valence-corrected chi connectivity index (χ0v) is 17.6. The van der Waals surface area contributed by atoms with Crippen molar-refractivity contribution in [3.05, 3.63) is 71.8 Å². The van der Waals surface area contributed by atoms with Crippen LogP contribution in [0, 0.1) is 0 Å². The summed E-state index contributed by atoms with van der Waals surface area (Å²) in [7, 11) is 0. The quantitative estimate of drug-likeness (QED) is 0.702. The molecule has 1 amide bonds. The van der Waals surface area contributed by atoms with Gasteiger partial charge in [0.25, 0.3) is 0 Å². The monoisotopic (exact) mass is 368 g/mol. The van der Waals surface area contributed by atoms with Crippen LogP contribution in [0.4, 0.5) is 0 Å². The van der Waals surface area contributed by atoms with Gasteiger partial charge in [-0.15, -0.1) is 0 Å². The number of hydrogen-bond donors (Lipinski definition) is 2. The van der Waals surface area contributed by atoms with Crippen LogP contribution < -0.4 is 5.32 Å². The first kappa shape index (κ1) is 21.4. The fourth-order valence-corrected chi connectivity index (χ4v) is 3.08. The van der Waals surface area contributed by atoms with Gasteiger partial charge in [-0.1, -0.05) is 60.7 Å². The van der Waals surface area contributed by atoms with E-state index in [0.717, 1.165) is 16.9 Å². The fourth-order valence-electron chi connectivity index (χ4n) is 2.07. The average Bonchev–Trinajstić information content (AvgIpc) is 2.55. The van der Waals surface area contributed by atoms with Crippen LogP contribution in [-0.2, 0) is 21.8 Å². The number of thioether (sulfide) groups is 1. The molecule has 121 valence electrons. The zero-order chi connectivity index (χ0) is 16.5. The zero-order valence-electron chi connectivity index (χ0n) is 13.6. The molecule has 0 bridgehead atoms. The largest absolute Gasteiger partial charge is 0.480 e. The minimum absolute atomic E-state index is 0. The van der Waals surface area contributed by atoms with E-state index in [0.29, 0.717) is 5.75 Å². The minimum Gasteiger partial charge on any atom is -0.480 e. The summed E-state index contributed by atoms with van der Waals surface area (Å²) in [6.45, 7) is 0. The standard InChI is InChI=1S/C18H19NO3S.K/c20-17(11-14-7-3-1-4-8-14)19-16(18(21)22)13-23-12-15-9-5-2-6-10-15;/h1-10,16H,11-13H2,(H,19,20)(H,21,22);/t16-;/m0./s1. The molecule has 0 fully saturated rings. The van der Waals surface area contributed by atoms with Crippen molar-refractivity contribution < 1.29 is 14.7 Å². The number of carboxylic acids is 1. The van der Waals surface area contributed by atoms with Gasteiger partial charge in [-0.25, -0.2) is 4.79 Å². The molecular weight excluding hydrogens is 349 g/mol. The topological polar surface area (TPSA) is 66.4 Å². The van der Waals surface area contributed by atoms with Crippen LogP contribution in [0.5, 0.6) is 0 Å². The van der Waals surface area contributed by atoms with E-state index in [1.807, 2.05) is 60.7 Å². The Morgan fingerprint density at radius 2 is 1.50 bits per heavy atom. The molecular formula is C18H19KNO3S. The summed E-state index contributed by atoms with van der Waals surface area (Å²) in [5.41, 5.74) is 2.00. The smallest absolute Gasteiger partial charge is 0.327 e. The third-order valence-electron chi connectivity index (χ3n) is 3.24. The molecule has 0 aliphatic rings. The second-order valence-corrected chi connectivity index (χ2v) is 6.15. The number of carbonyl (C=O) groups excluding carboxylic acids is 1. The summed E-state index contributed by atoms with van der Waals surface area (Å²) >= 11 is 1.50. The number of carbonyl (C=O) groups is 2. The van der Waals surface area contributed by atoms with Gasteiger partial charge in [0.15, 0.2) is 0 Å². The van der Waals surface area contributed by atoms with Crippen LogP contribution in [0.2, 0.25) is 0 Å². The molecule has 0 aliphatic heterocycles. The van der Waals surface area contributed by atoms with Crippen molar-refractivity contribution in [3.63, 3.8) is 0 Å². The summed E-state index contributed by atoms with van der Waals surface area (Å²) in [6.07, 6.45) is 0.188. The number of hydrogen-bond acceptors (Lipinski definition) is 3. The van der Waals surface area contributed by atoms with Crippen LogP contribution in [0.3, 0.4) is 0 Å².